The molecule has 1 amide bonds. The smallest absolute Gasteiger partial charge is 0.273 e. The molecular formula is C15H12BrN3O3. The molecule has 0 heterocycles. The highest BCUT2D eigenvalue weighted by Crippen LogP contribution is 2.15. The maximum atomic E-state index is 11.7. The number of halogens is 1. The molecule has 0 fully saturated rings. The number of carbonyl (C=O) groups is 1. The van der Waals surface area contributed by atoms with E-state index >= 15 is 0 Å². The van der Waals surface area contributed by atoms with E-state index < -0.39 is 4.92 Å². The average Bonchev–Trinajstić information content (AvgIpc) is 2.50. The van der Waals surface area contributed by atoms with E-state index in [0.717, 1.165) is 10.0 Å². The van der Waals surface area contributed by atoms with Gasteiger partial charge in [-0.3, -0.25) is 14.9 Å². The van der Waals surface area contributed by atoms with Gasteiger partial charge in [0.1, 0.15) is 0 Å². The second-order valence-electron chi connectivity index (χ2n) is 4.41. The third kappa shape index (κ3) is 4.49. The van der Waals surface area contributed by atoms with Crippen LogP contribution in [0.5, 0.6) is 0 Å². The van der Waals surface area contributed by atoms with Crippen LogP contribution in [-0.2, 0) is 11.2 Å². The number of amides is 1. The summed E-state index contributed by atoms with van der Waals surface area (Å²) in [6.07, 6.45) is 1.44. The van der Waals surface area contributed by atoms with Gasteiger partial charge in [0.15, 0.2) is 0 Å². The predicted molar refractivity (Wildman–Crippen MR) is 86.7 cm³/mol. The Morgan fingerprint density at radius 3 is 2.59 bits per heavy atom. The molecule has 112 valence electrons. The van der Waals surface area contributed by atoms with E-state index in [9.17, 15) is 14.9 Å². The van der Waals surface area contributed by atoms with Crippen LogP contribution in [0.3, 0.4) is 0 Å². The minimum Gasteiger partial charge on any atom is -0.273 e. The quantitative estimate of drug-likeness (QED) is 0.504. The average molecular weight is 362 g/mol. The lowest BCUT2D eigenvalue weighted by molar-refractivity contribution is -0.385. The number of hydrazone groups is 1. The fourth-order valence-corrected chi connectivity index (χ4v) is 2.03. The summed E-state index contributed by atoms with van der Waals surface area (Å²) in [6, 6.07) is 13.5. The molecule has 0 aliphatic heterocycles. The molecule has 2 aromatic carbocycles. The summed E-state index contributed by atoms with van der Waals surface area (Å²) in [7, 11) is 0. The first-order valence-corrected chi connectivity index (χ1v) is 7.15. The lowest BCUT2D eigenvalue weighted by Crippen LogP contribution is -2.19. The number of carbonyl (C=O) groups excluding carboxylic acids is 1. The maximum absolute atomic E-state index is 11.7. The molecule has 0 aliphatic carbocycles. The highest BCUT2D eigenvalue weighted by Gasteiger charge is 2.10. The molecule has 0 radical (unpaired) electrons. The van der Waals surface area contributed by atoms with Gasteiger partial charge in [0.2, 0.25) is 5.91 Å². The van der Waals surface area contributed by atoms with Gasteiger partial charge in [-0.25, -0.2) is 5.43 Å². The molecule has 0 saturated heterocycles. The Morgan fingerprint density at radius 2 is 1.91 bits per heavy atom. The molecule has 7 heteroatoms. The zero-order chi connectivity index (χ0) is 15.9. The zero-order valence-corrected chi connectivity index (χ0v) is 13.0. The molecule has 0 aromatic heterocycles. The lowest BCUT2D eigenvalue weighted by atomic mass is 10.1. The minimum atomic E-state index is -0.495. The van der Waals surface area contributed by atoms with Crippen LogP contribution in [0.1, 0.15) is 11.1 Å². The van der Waals surface area contributed by atoms with Crippen LogP contribution in [0.15, 0.2) is 58.1 Å². The van der Waals surface area contributed by atoms with Crippen LogP contribution in [0.2, 0.25) is 0 Å². The van der Waals surface area contributed by atoms with Crippen molar-refractivity contribution in [1.29, 1.82) is 0 Å². The number of hydrogen-bond acceptors (Lipinski definition) is 4. The first kappa shape index (κ1) is 15.8. The number of rotatable bonds is 5. The van der Waals surface area contributed by atoms with Gasteiger partial charge >= 0.3 is 0 Å². The summed E-state index contributed by atoms with van der Waals surface area (Å²) in [5, 5.41) is 14.6. The summed E-state index contributed by atoms with van der Waals surface area (Å²) in [6.45, 7) is 0. The number of benzene rings is 2. The van der Waals surface area contributed by atoms with Crippen LogP contribution >= 0.6 is 15.9 Å². The van der Waals surface area contributed by atoms with E-state index in [4.69, 9.17) is 0 Å². The third-order valence-corrected chi connectivity index (χ3v) is 3.33. The van der Waals surface area contributed by atoms with E-state index in [1.807, 2.05) is 24.3 Å². The number of nitro groups is 1. The first-order chi connectivity index (χ1) is 10.6. The van der Waals surface area contributed by atoms with Crippen molar-refractivity contribution in [2.24, 2.45) is 5.10 Å². The Bertz CT molecular complexity index is 714. The number of hydrogen-bond donors (Lipinski definition) is 1. The molecule has 1 N–H and O–H groups in total. The van der Waals surface area contributed by atoms with Crippen LogP contribution in [0.25, 0.3) is 0 Å². The van der Waals surface area contributed by atoms with Crippen LogP contribution in [0.4, 0.5) is 5.69 Å². The van der Waals surface area contributed by atoms with Crippen molar-refractivity contribution in [1.82, 2.24) is 5.43 Å². The molecule has 0 unspecified atom stereocenters. The van der Waals surface area contributed by atoms with Crippen molar-refractivity contribution >= 4 is 33.7 Å². The van der Waals surface area contributed by atoms with Gasteiger partial charge in [-0.05, 0) is 23.8 Å². The van der Waals surface area contributed by atoms with Crippen LogP contribution in [0, 0.1) is 10.1 Å². The number of nitro benzene ring substituents is 1. The molecule has 0 atom stereocenters. The van der Waals surface area contributed by atoms with E-state index in [-0.39, 0.29) is 18.0 Å². The molecule has 2 rings (SSSR count). The van der Waals surface area contributed by atoms with E-state index in [2.05, 4.69) is 26.5 Å². The second-order valence-corrected chi connectivity index (χ2v) is 5.33. The molecular weight excluding hydrogens is 350 g/mol. The number of nitrogens with one attached hydrogen (secondary N) is 1. The first-order valence-electron chi connectivity index (χ1n) is 6.36. The Labute approximate surface area is 135 Å². The second kappa shape index (κ2) is 7.46. The summed E-state index contributed by atoms with van der Waals surface area (Å²) >= 11 is 3.32. The van der Waals surface area contributed by atoms with Crippen LogP contribution < -0.4 is 5.43 Å². The molecule has 0 saturated carbocycles. The normalized spacial score (nSPS) is 10.6. The fourth-order valence-electron chi connectivity index (χ4n) is 1.76. The minimum absolute atomic E-state index is 0.0617. The molecule has 22 heavy (non-hydrogen) atoms. The molecule has 0 spiro atoms. The molecule has 6 nitrogen and oxygen atoms in total. The van der Waals surface area contributed by atoms with Gasteiger partial charge < -0.3 is 0 Å². The van der Waals surface area contributed by atoms with E-state index in [1.165, 1.54) is 12.3 Å². The predicted octanol–water partition coefficient (Wildman–Crippen LogP) is 3.05. The highest BCUT2D eigenvalue weighted by atomic mass is 79.9. The summed E-state index contributed by atoms with van der Waals surface area (Å²) in [5.41, 5.74) is 3.47. The highest BCUT2D eigenvalue weighted by molar-refractivity contribution is 9.10. The van der Waals surface area contributed by atoms with Gasteiger partial charge in [0, 0.05) is 10.5 Å². The summed E-state index contributed by atoms with van der Waals surface area (Å²) in [5.74, 6) is -0.294. The van der Waals surface area contributed by atoms with Gasteiger partial charge in [-0.1, -0.05) is 40.2 Å². The van der Waals surface area contributed by atoms with Gasteiger partial charge in [-0.2, -0.15) is 5.10 Å². The Kier molecular flexibility index (Phi) is 5.37. The van der Waals surface area contributed by atoms with Crippen molar-refractivity contribution in [2.45, 2.75) is 6.42 Å². The summed E-state index contributed by atoms with van der Waals surface area (Å²) < 4.78 is 0.936. The monoisotopic (exact) mass is 361 g/mol. The largest absolute Gasteiger partial charge is 0.278 e. The van der Waals surface area contributed by atoms with Crippen molar-refractivity contribution < 1.29 is 9.72 Å². The van der Waals surface area contributed by atoms with Gasteiger partial charge in [0.05, 0.1) is 23.1 Å². The van der Waals surface area contributed by atoms with Crippen LogP contribution in [-0.4, -0.2) is 17.0 Å². The molecule has 0 bridgehead atoms. The maximum Gasteiger partial charge on any atom is 0.278 e. The van der Waals surface area contributed by atoms with Crippen molar-refractivity contribution in [3.05, 3.63) is 74.2 Å². The Hall–Kier alpha value is -2.54. The Balaban J connectivity index is 1.96. The number of nitrogens with zero attached hydrogens (tertiary/aromatic N) is 2. The van der Waals surface area contributed by atoms with Crippen molar-refractivity contribution in [3.8, 4) is 0 Å². The zero-order valence-electron chi connectivity index (χ0n) is 11.4. The summed E-state index contributed by atoms with van der Waals surface area (Å²) in [4.78, 5) is 22.1. The van der Waals surface area contributed by atoms with Gasteiger partial charge in [-0.15, -0.1) is 0 Å². The van der Waals surface area contributed by atoms with Crippen molar-refractivity contribution in [3.63, 3.8) is 0 Å². The Morgan fingerprint density at radius 1 is 1.23 bits per heavy atom. The molecule has 2 aromatic rings. The van der Waals surface area contributed by atoms with E-state index in [1.54, 1.807) is 18.2 Å². The van der Waals surface area contributed by atoms with E-state index in [0.29, 0.717) is 5.56 Å². The number of para-hydroxylation sites is 1. The fraction of sp³-hybridized carbons (Fsp3) is 0.0667. The molecule has 0 aliphatic rings. The lowest BCUT2D eigenvalue weighted by Gasteiger charge is -2.01. The third-order valence-electron chi connectivity index (χ3n) is 2.80. The SMILES string of the molecule is O=C(Cc1ccc(Br)cc1)N/N=C\c1ccccc1[N+](=O)[O-]. The van der Waals surface area contributed by atoms with Gasteiger partial charge in [0.25, 0.3) is 5.69 Å². The van der Waals surface area contributed by atoms with Crippen molar-refractivity contribution in [2.75, 3.05) is 0 Å². The topological polar surface area (TPSA) is 84.6 Å². The standard InChI is InChI=1S/C15H12BrN3O3/c16-13-7-5-11(6-8-13)9-15(20)18-17-10-12-3-1-2-4-14(12)19(21)22/h1-8,10H,9H2,(H,18,20)/b17-10-.